The van der Waals surface area contributed by atoms with E-state index < -0.39 is 11.9 Å². The molecule has 7 nitrogen and oxygen atoms in total. The van der Waals surface area contributed by atoms with Crippen LogP contribution in [0, 0.1) is 5.82 Å². The van der Waals surface area contributed by atoms with Crippen molar-refractivity contribution >= 4 is 17.1 Å². The van der Waals surface area contributed by atoms with Crippen molar-refractivity contribution in [1.82, 2.24) is 24.8 Å². The fourth-order valence-electron chi connectivity index (χ4n) is 4.30. The molecule has 1 aliphatic heterocycles. The number of aromatic amines is 1. The Morgan fingerprint density at radius 1 is 1.16 bits per heavy atom. The third-order valence-corrected chi connectivity index (χ3v) is 5.77. The molecule has 3 heterocycles. The molecule has 1 aliphatic rings. The zero-order valence-electron chi connectivity index (χ0n) is 17.8. The second kappa shape index (κ2) is 8.55. The number of halogens is 1. The Labute approximate surface area is 184 Å². The SMILES string of the molecule is CCOC(=O)n1c(C2CCNCC2)nc(-c2nc3ccccc3[nH]2)c1-c1cccc(F)c1. The molecule has 1 saturated heterocycles. The quantitative estimate of drug-likeness (QED) is 0.487. The third-order valence-electron chi connectivity index (χ3n) is 5.77. The number of para-hydroxylation sites is 2. The van der Waals surface area contributed by atoms with Crippen LogP contribution in [0.4, 0.5) is 9.18 Å². The van der Waals surface area contributed by atoms with Gasteiger partial charge in [-0.2, -0.15) is 0 Å². The summed E-state index contributed by atoms with van der Waals surface area (Å²) in [6.07, 6.45) is 1.17. The van der Waals surface area contributed by atoms with Gasteiger partial charge in [-0.1, -0.05) is 24.3 Å². The normalized spacial score (nSPS) is 14.7. The van der Waals surface area contributed by atoms with E-state index in [1.807, 2.05) is 24.3 Å². The van der Waals surface area contributed by atoms with Crippen LogP contribution < -0.4 is 5.32 Å². The zero-order valence-corrected chi connectivity index (χ0v) is 17.8. The van der Waals surface area contributed by atoms with Gasteiger partial charge in [-0.15, -0.1) is 0 Å². The number of ether oxygens (including phenoxy) is 1. The van der Waals surface area contributed by atoms with Crippen molar-refractivity contribution in [3.8, 4) is 22.8 Å². The molecule has 2 aromatic carbocycles. The van der Waals surface area contributed by atoms with E-state index in [-0.39, 0.29) is 12.5 Å². The number of aromatic nitrogens is 4. The topological polar surface area (TPSA) is 84.8 Å². The van der Waals surface area contributed by atoms with E-state index in [0.29, 0.717) is 28.6 Å². The summed E-state index contributed by atoms with van der Waals surface area (Å²) in [7, 11) is 0. The van der Waals surface area contributed by atoms with Crippen molar-refractivity contribution in [1.29, 1.82) is 0 Å². The highest BCUT2D eigenvalue weighted by Crippen LogP contribution is 2.37. The number of hydrogen-bond donors (Lipinski definition) is 2. The van der Waals surface area contributed by atoms with E-state index in [4.69, 9.17) is 14.7 Å². The first-order valence-electron chi connectivity index (χ1n) is 10.9. The molecule has 0 spiro atoms. The minimum atomic E-state index is -0.518. The van der Waals surface area contributed by atoms with Crippen molar-refractivity contribution in [3.05, 3.63) is 60.2 Å². The Kier molecular flexibility index (Phi) is 5.45. The van der Waals surface area contributed by atoms with Gasteiger partial charge in [-0.25, -0.2) is 23.7 Å². The average molecular weight is 433 g/mol. The standard InChI is InChI=1S/C24H24FN5O2/c1-2-32-24(31)30-21(16-6-5-7-17(25)14-16)20(29-23(30)15-10-12-26-13-11-15)22-27-18-8-3-4-9-19(18)28-22/h3-9,14-15,26H,2,10-13H2,1H3,(H,27,28). The molecular weight excluding hydrogens is 409 g/mol. The molecule has 32 heavy (non-hydrogen) atoms. The summed E-state index contributed by atoms with van der Waals surface area (Å²) in [5, 5.41) is 3.35. The number of imidazole rings is 2. The van der Waals surface area contributed by atoms with E-state index in [9.17, 15) is 9.18 Å². The number of H-pyrrole nitrogens is 1. The van der Waals surface area contributed by atoms with Gasteiger partial charge in [0, 0.05) is 11.5 Å². The maximum absolute atomic E-state index is 14.2. The maximum Gasteiger partial charge on any atom is 0.420 e. The number of hydrogen-bond acceptors (Lipinski definition) is 5. The highest BCUT2D eigenvalue weighted by Gasteiger charge is 2.31. The van der Waals surface area contributed by atoms with Crippen LogP contribution in [0.5, 0.6) is 0 Å². The van der Waals surface area contributed by atoms with Crippen LogP contribution in [0.2, 0.25) is 0 Å². The summed E-state index contributed by atoms with van der Waals surface area (Å²) in [5.74, 6) is 0.840. The third kappa shape index (κ3) is 3.67. The van der Waals surface area contributed by atoms with E-state index in [1.54, 1.807) is 19.1 Å². The summed E-state index contributed by atoms with van der Waals surface area (Å²) < 4.78 is 21.1. The number of piperidine rings is 1. The minimum absolute atomic E-state index is 0.0751. The molecule has 4 aromatic rings. The number of fused-ring (bicyclic) bond motifs is 1. The number of carbonyl (C=O) groups excluding carboxylic acids is 1. The zero-order chi connectivity index (χ0) is 22.1. The smallest absolute Gasteiger partial charge is 0.420 e. The summed E-state index contributed by atoms with van der Waals surface area (Å²) in [6.45, 7) is 3.68. The van der Waals surface area contributed by atoms with Crippen LogP contribution in [-0.2, 0) is 4.74 Å². The molecule has 164 valence electrons. The Hall–Kier alpha value is -3.52. The Morgan fingerprint density at radius 2 is 1.97 bits per heavy atom. The van der Waals surface area contributed by atoms with Gasteiger partial charge in [-0.05, 0) is 57.1 Å². The average Bonchev–Trinajstić information content (AvgIpc) is 3.42. The first-order chi connectivity index (χ1) is 15.7. The van der Waals surface area contributed by atoms with Crippen LogP contribution in [0.3, 0.4) is 0 Å². The second-order valence-electron chi connectivity index (χ2n) is 7.84. The molecule has 1 fully saturated rings. The van der Waals surface area contributed by atoms with E-state index >= 15 is 0 Å². The van der Waals surface area contributed by atoms with E-state index in [2.05, 4.69) is 10.3 Å². The lowest BCUT2D eigenvalue weighted by molar-refractivity contribution is 0.152. The molecular formula is C24H24FN5O2. The summed E-state index contributed by atoms with van der Waals surface area (Å²) in [5.41, 5.74) is 3.19. The number of nitrogens with zero attached hydrogens (tertiary/aromatic N) is 3. The van der Waals surface area contributed by atoms with Crippen molar-refractivity contribution < 1.29 is 13.9 Å². The summed E-state index contributed by atoms with van der Waals surface area (Å²) in [6, 6.07) is 13.9. The van der Waals surface area contributed by atoms with Crippen LogP contribution in [0.1, 0.15) is 31.5 Å². The summed E-state index contributed by atoms with van der Waals surface area (Å²) in [4.78, 5) is 26.1. The van der Waals surface area contributed by atoms with Gasteiger partial charge in [0.15, 0.2) is 5.82 Å². The van der Waals surface area contributed by atoms with Gasteiger partial charge in [0.05, 0.1) is 23.3 Å². The Bertz CT molecular complexity index is 1240. The molecule has 0 radical (unpaired) electrons. The lowest BCUT2D eigenvalue weighted by Crippen LogP contribution is -2.29. The van der Waals surface area contributed by atoms with Crippen molar-refractivity contribution in [2.24, 2.45) is 0 Å². The first-order valence-corrected chi connectivity index (χ1v) is 10.9. The van der Waals surface area contributed by atoms with Gasteiger partial charge in [0.2, 0.25) is 0 Å². The largest absolute Gasteiger partial charge is 0.449 e. The lowest BCUT2D eigenvalue weighted by atomic mass is 9.97. The van der Waals surface area contributed by atoms with E-state index in [1.165, 1.54) is 16.7 Å². The molecule has 2 N–H and O–H groups in total. The van der Waals surface area contributed by atoms with Gasteiger partial charge in [0.25, 0.3) is 0 Å². The second-order valence-corrected chi connectivity index (χ2v) is 7.84. The van der Waals surface area contributed by atoms with Gasteiger partial charge >= 0.3 is 6.09 Å². The monoisotopic (exact) mass is 433 g/mol. The predicted octanol–water partition coefficient (Wildman–Crippen LogP) is 4.70. The van der Waals surface area contributed by atoms with Gasteiger partial charge in [0.1, 0.15) is 17.3 Å². The molecule has 0 atom stereocenters. The number of benzene rings is 2. The fourth-order valence-corrected chi connectivity index (χ4v) is 4.30. The molecule has 8 heteroatoms. The van der Waals surface area contributed by atoms with Crippen molar-refractivity contribution in [2.45, 2.75) is 25.7 Å². The molecule has 5 rings (SSSR count). The van der Waals surface area contributed by atoms with Crippen LogP contribution >= 0.6 is 0 Å². The van der Waals surface area contributed by atoms with Crippen LogP contribution in [0.25, 0.3) is 33.8 Å². The molecule has 0 bridgehead atoms. The Morgan fingerprint density at radius 3 is 2.72 bits per heavy atom. The van der Waals surface area contributed by atoms with Gasteiger partial charge in [-0.3, -0.25) is 0 Å². The Balaban J connectivity index is 1.78. The number of carbonyl (C=O) groups is 1. The highest BCUT2D eigenvalue weighted by atomic mass is 19.1. The molecule has 2 aromatic heterocycles. The molecule has 0 saturated carbocycles. The number of rotatable bonds is 4. The van der Waals surface area contributed by atoms with Crippen molar-refractivity contribution in [2.75, 3.05) is 19.7 Å². The van der Waals surface area contributed by atoms with Crippen LogP contribution in [-0.4, -0.2) is 45.3 Å². The highest BCUT2D eigenvalue weighted by molar-refractivity contribution is 5.88. The molecule has 0 unspecified atom stereocenters. The maximum atomic E-state index is 14.2. The van der Waals surface area contributed by atoms with Crippen molar-refractivity contribution in [3.63, 3.8) is 0 Å². The predicted molar refractivity (Wildman–Crippen MR) is 120 cm³/mol. The number of nitrogens with one attached hydrogen (secondary N) is 2. The van der Waals surface area contributed by atoms with E-state index in [0.717, 1.165) is 37.0 Å². The van der Waals surface area contributed by atoms with Crippen LogP contribution in [0.15, 0.2) is 48.5 Å². The first kappa shape index (κ1) is 20.4. The fraction of sp³-hybridized carbons (Fsp3) is 0.292. The van der Waals surface area contributed by atoms with Gasteiger partial charge < -0.3 is 15.0 Å². The lowest BCUT2D eigenvalue weighted by Gasteiger charge is -2.22. The molecule has 0 aliphatic carbocycles. The summed E-state index contributed by atoms with van der Waals surface area (Å²) >= 11 is 0. The minimum Gasteiger partial charge on any atom is -0.449 e. The molecule has 0 amide bonds.